The van der Waals surface area contributed by atoms with E-state index in [1.54, 1.807) is 0 Å². The largest absolute Gasteiger partial charge is 0.469 e. The molecule has 0 rings (SSSR count). The molecule has 0 amide bonds. The Kier molecular flexibility index (Phi) is 9.57. The van der Waals surface area contributed by atoms with E-state index in [9.17, 15) is 0 Å². The summed E-state index contributed by atoms with van der Waals surface area (Å²) >= 11 is 5.80. The van der Waals surface area contributed by atoms with E-state index in [2.05, 4.69) is 39.3 Å². The van der Waals surface area contributed by atoms with E-state index in [0.29, 0.717) is 5.88 Å². The predicted octanol–water partition coefficient (Wildman–Crippen LogP) is 3.36. The van der Waals surface area contributed by atoms with Crippen LogP contribution in [0.2, 0.25) is 45.3 Å². The van der Waals surface area contributed by atoms with Crippen molar-refractivity contribution < 1.29 is 12.3 Å². The third kappa shape index (κ3) is 8.71. The fraction of sp³-hybridized carbons (Fsp3) is 1.00. The summed E-state index contributed by atoms with van der Waals surface area (Å²) in [6, 6.07) is 0.859. The van der Waals surface area contributed by atoms with Crippen molar-refractivity contribution in [2.24, 2.45) is 0 Å². The first-order valence-electron chi connectivity index (χ1n) is 5.85. The Morgan fingerprint density at radius 2 is 1.18 bits per heavy atom. The van der Waals surface area contributed by atoms with Crippen molar-refractivity contribution in [3.63, 3.8) is 0 Å². The zero-order valence-electron chi connectivity index (χ0n) is 11.7. The standard InChI is InChI=1S/C9H24ClO3Si4/c1-14(2)11-17(9-7-8-10,12-15(3)4)13-16(5)6/h7-9H2,1-6H3. The minimum Gasteiger partial charge on any atom is -0.416 e. The molecule has 17 heavy (non-hydrogen) atoms. The van der Waals surface area contributed by atoms with Gasteiger partial charge in [-0.3, -0.25) is 0 Å². The Bertz CT molecular complexity index is 178. The smallest absolute Gasteiger partial charge is 0.416 e. The maximum Gasteiger partial charge on any atom is 0.469 e. The zero-order valence-corrected chi connectivity index (χ0v) is 16.5. The van der Waals surface area contributed by atoms with Gasteiger partial charge in [0.2, 0.25) is 0 Å². The summed E-state index contributed by atoms with van der Waals surface area (Å²) in [5.41, 5.74) is 0. The maximum absolute atomic E-state index is 6.15. The van der Waals surface area contributed by atoms with Gasteiger partial charge in [-0.15, -0.1) is 11.6 Å². The quantitative estimate of drug-likeness (QED) is 0.480. The summed E-state index contributed by atoms with van der Waals surface area (Å²) < 4.78 is 18.5. The van der Waals surface area contributed by atoms with Crippen LogP contribution < -0.4 is 0 Å². The SMILES string of the molecule is C[Si](C)O[Si](CCCCl)(O[Si](C)C)O[Si](C)C. The van der Waals surface area contributed by atoms with Gasteiger partial charge >= 0.3 is 8.80 Å². The first-order valence-corrected chi connectivity index (χ1v) is 15.5. The topological polar surface area (TPSA) is 27.7 Å². The van der Waals surface area contributed by atoms with Gasteiger partial charge in [-0.25, -0.2) is 0 Å². The summed E-state index contributed by atoms with van der Waals surface area (Å²) in [6.45, 7) is 12.8. The van der Waals surface area contributed by atoms with Crippen LogP contribution in [0.3, 0.4) is 0 Å². The molecule has 3 radical (unpaired) electrons. The molecule has 0 bridgehead atoms. The van der Waals surface area contributed by atoms with Gasteiger partial charge in [-0.1, -0.05) is 0 Å². The number of alkyl halides is 1. The molecule has 0 fully saturated rings. The summed E-state index contributed by atoms with van der Waals surface area (Å²) in [7, 11) is -4.88. The molecule has 0 aromatic carbocycles. The van der Waals surface area contributed by atoms with Gasteiger partial charge in [0, 0.05) is 11.9 Å². The maximum atomic E-state index is 6.15. The molecular formula is C9H24ClO3Si4. The second kappa shape index (κ2) is 9.02. The zero-order chi connectivity index (χ0) is 13.5. The van der Waals surface area contributed by atoms with Gasteiger partial charge in [0.1, 0.15) is 0 Å². The lowest BCUT2D eigenvalue weighted by atomic mass is 10.6. The average Bonchev–Trinajstić information content (AvgIpc) is 2.11. The minimum absolute atomic E-state index is 0.644. The van der Waals surface area contributed by atoms with Gasteiger partial charge in [0.05, 0.1) is 0 Å². The molecule has 0 saturated heterocycles. The molecule has 0 spiro atoms. The van der Waals surface area contributed by atoms with Gasteiger partial charge in [-0.05, 0) is 45.7 Å². The molecule has 0 aromatic rings. The van der Waals surface area contributed by atoms with Crippen molar-refractivity contribution in [2.45, 2.75) is 51.7 Å². The summed E-state index contributed by atoms with van der Waals surface area (Å²) in [5, 5.41) is 0. The van der Waals surface area contributed by atoms with Gasteiger partial charge in [0.15, 0.2) is 27.1 Å². The van der Waals surface area contributed by atoms with Crippen LogP contribution in [0.5, 0.6) is 0 Å². The second-order valence-electron chi connectivity index (χ2n) is 4.51. The predicted molar refractivity (Wildman–Crippen MR) is 81.6 cm³/mol. The van der Waals surface area contributed by atoms with Crippen LogP contribution in [-0.4, -0.2) is 41.8 Å². The summed E-state index contributed by atoms with van der Waals surface area (Å²) in [4.78, 5) is 0. The minimum atomic E-state index is -2.45. The first kappa shape index (κ1) is 18.0. The molecule has 0 atom stereocenters. The molecule has 0 saturated carbocycles. The lowest BCUT2D eigenvalue weighted by Gasteiger charge is -2.34. The Hall–Kier alpha value is 1.04. The molecule has 8 heteroatoms. The van der Waals surface area contributed by atoms with Crippen molar-refractivity contribution in [2.75, 3.05) is 5.88 Å². The van der Waals surface area contributed by atoms with Crippen molar-refractivity contribution in [3.05, 3.63) is 0 Å². The van der Waals surface area contributed by atoms with E-state index < -0.39 is 35.9 Å². The van der Waals surface area contributed by atoms with Crippen LogP contribution in [0.4, 0.5) is 0 Å². The number of rotatable bonds is 9. The Labute approximate surface area is 117 Å². The van der Waals surface area contributed by atoms with Gasteiger partial charge in [0.25, 0.3) is 0 Å². The van der Waals surface area contributed by atoms with E-state index in [0.717, 1.165) is 12.5 Å². The van der Waals surface area contributed by atoms with Crippen molar-refractivity contribution in [1.29, 1.82) is 0 Å². The molecular weight excluding hydrogens is 304 g/mol. The molecule has 0 N–H and O–H groups in total. The molecule has 3 nitrogen and oxygen atoms in total. The fourth-order valence-electron chi connectivity index (χ4n) is 1.43. The average molecular weight is 328 g/mol. The molecule has 0 aromatic heterocycles. The first-order chi connectivity index (χ1) is 7.81. The molecule has 0 unspecified atom stereocenters. The van der Waals surface area contributed by atoms with E-state index in [4.69, 9.17) is 23.9 Å². The lowest BCUT2D eigenvalue weighted by Crippen LogP contribution is -2.53. The monoisotopic (exact) mass is 327 g/mol. The van der Waals surface area contributed by atoms with Crippen molar-refractivity contribution in [3.8, 4) is 0 Å². The molecule has 0 aliphatic heterocycles. The number of hydrogen-bond donors (Lipinski definition) is 0. The molecule has 0 heterocycles. The molecule has 0 aliphatic carbocycles. The Morgan fingerprint density at radius 1 is 0.824 bits per heavy atom. The van der Waals surface area contributed by atoms with E-state index in [1.807, 2.05) is 0 Å². The van der Waals surface area contributed by atoms with Crippen molar-refractivity contribution >= 4 is 47.5 Å². The lowest BCUT2D eigenvalue weighted by molar-refractivity contribution is 0.267. The van der Waals surface area contributed by atoms with Crippen LogP contribution >= 0.6 is 11.6 Å². The Morgan fingerprint density at radius 3 is 1.41 bits per heavy atom. The van der Waals surface area contributed by atoms with Gasteiger partial charge in [-0.2, -0.15) is 0 Å². The summed E-state index contributed by atoms with van der Waals surface area (Å²) in [6.07, 6.45) is 0.910. The highest BCUT2D eigenvalue weighted by Crippen LogP contribution is 2.21. The molecule has 101 valence electrons. The van der Waals surface area contributed by atoms with E-state index in [1.165, 1.54) is 0 Å². The van der Waals surface area contributed by atoms with Crippen LogP contribution in [0.1, 0.15) is 6.42 Å². The van der Waals surface area contributed by atoms with Crippen LogP contribution in [0, 0.1) is 0 Å². The second-order valence-corrected chi connectivity index (χ2v) is 14.6. The van der Waals surface area contributed by atoms with Crippen LogP contribution in [-0.2, 0) is 12.3 Å². The highest BCUT2D eigenvalue weighted by Gasteiger charge is 2.42. The highest BCUT2D eigenvalue weighted by molar-refractivity contribution is 6.80. The molecule has 0 aliphatic rings. The third-order valence-corrected chi connectivity index (χ3v) is 11.6. The number of halogens is 1. The number of hydrogen-bond acceptors (Lipinski definition) is 3. The normalized spacial score (nSPS) is 13.1. The van der Waals surface area contributed by atoms with Crippen molar-refractivity contribution in [1.82, 2.24) is 0 Å². The summed E-state index contributed by atoms with van der Waals surface area (Å²) in [5.74, 6) is 0.644. The van der Waals surface area contributed by atoms with Crippen LogP contribution in [0.25, 0.3) is 0 Å². The Balaban J connectivity index is 4.76. The highest BCUT2D eigenvalue weighted by atomic mass is 35.5. The van der Waals surface area contributed by atoms with E-state index in [-0.39, 0.29) is 0 Å². The fourth-order valence-corrected chi connectivity index (χ4v) is 12.7. The van der Waals surface area contributed by atoms with E-state index >= 15 is 0 Å². The van der Waals surface area contributed by atoms with Gasteiger partial charge < -0.3 is 12.3 Å². The third-order valence-electron chi connectivity index (χ3n) is 1.70. The van der Waals surface area contributed by atoms with Crippen LogP contribution in [0.15, 0.2) is 0 Å².